The largest absolute Gasteiger partial charge is 0.361 e. The number of hydrogen-bond acceptors (Lipinski definition) is 3. The molecule has 6 heteroatoms. The van der Waals surface area contributed by atoms with Crippen LogP contribution in [0.15, 0.2) is 66.9 Å². The SMILES string of the molecule is O=C(NC1CCN(c2cc(-c3ccccc3)[nH]n2)CC1)c1ccc2cc[nH]c2c1. The van der Waals surface area contributed by atoms with E-state index in [1.807, 2.05) is 48.7 Å². The normalized spacial score (nSPS) is 15.0. The van der Waals surface area contributed by atoms with E-state index in [2.05, 4.69) is 43.6 Å². The fourth-order valence-electron chi connectivity index (χ4n) is 3.95. The van der Waals surface area contributed by atoms with Gasteiger partial charge in [-0.1, -0.05) is 36.4 Å². The molecule has 4 aromatic rings. The monoisotopic (exact) mass is 385 g/mol. The molecule has 3 heterocycles. The van der Waals surface area contributed by atoms with Crippen molar-refractivity contribution < 1.29 is 4.79 Å². The Bertz CT molecular complexity index is 1120. The Morgan fingerprint density at radius 1 is 1.03 bits per heavy atom. The first-order chi connectivity index (χ1) is 14.3. The first-order valence-electron chi connectivity index (χ1n) is 10.00. The molecule has 6 nitrogen and oxygen atoms in total. The first-order valence-corrected chi connectivity index (χ1v) is 10.00. The molecule has 1 saturated heterocycles. The maximum absolute atomic E-state index is 12.6. The minimum absolute atomic E-state index is 0.00826. The second-order valence-electron chi connectivity index (χ2n) is 7.52. The number of carbonyl (C=O) groups excluding carboxylic acids is 1. The molecule has 2 aromatic heterocycles. The van der Waals surface area contributed by atoms with Crippen LogP contribution in [0.1, 0.15) is 23.2 Å². The lowest BCUT2D eigenvalue weighted by Gasteiger charge is -2.32. The van der Waals surface area contributed by atoms with Crippen molar-refractivity contribution in [3.63, 3.8) is 0 Å². The number of benzene rings is 2. The number of piperidine rings is 1. The minimum atomic E-state index is -0.00826. The predicted octanol–water partition coefficient (Wildman–Crippen LogP) is 3.96. The zero-order chi connectivity index (χ0) is 19.6. The summed E-state index contributed by atoms with van der Waals surface area (Å²) in [6.45, 7) is 1.75. The molecule has 1 amide bonds. The van der Waals surface area contributed by atoms with Crippen LogP contribution in [-0.2, 0) is 0 Å². The average Bonchev–Trinajstić information content (AvgIpc) is 3.44. The third-order valence-electron chi connectivity index (χ3n) is 5.62. The van der Waals surface area contributed by atoms with E-state index in [4.69, 9.17) is 0 Å². The van der Waals surface area contributed by atoms with E-state index in [1.54, 1.807) is 0 Å². The molecule has 0 aliphatic carbocycles. The maximum Gasteiger partial charge on any atom is 0.251 e. The van der Waals surface area contributed by atoms with Gasteiger partial charge in [-0.25, -0.2) is 0 Å². The van der Waals surface area contributed by atoms with E-state index in [0.717, 1.165) is 53.9 Å². The zero-order valence-electron chi connectivity index (χ0n) is 16.1. The highest BCUT2D eigenvalue weighted by Gasteiger charge is 2.23. The number of nitrogens with zero attached hydrogens (tertiary/aromatic N) is 2. The Labute approximate surface area is 168 Å². The van der Waals surface area contributed by atoms with E-state index in [1.165, 1.54) is 0 Å². The molecule has 0 atom stereocenters. The highest BCUT2D eigenvalue weighted by atomic mass is 16.1. The van der Waals surface area contributed by atoms with Gasteiger partial charge in [-0.3, -0.25) is 9.89 Å². The third-order valence-corrected chi connectivity index (χ3v) is 5.62. The summed E-state index contributed by atoms with van der Waals surface area (Å²) in [5.41, 5.74) is 3.84. The number of nitrogens with one attached hydrogen (secondary N) is 3. The molecule has 3 N–H and O–H groups in total. The molecule has 0 bridgehead atoms. The second-order valence-corrected chi connectivity index (χ2v) is 7.52. The van der Waals surface area contributed by atoms with E-state index >= 15 is 0 Å². The van der Waals surface area contributed by atoms with Gasteiger partial charge in [0.25, 0.3) is 5.91 Å². The Morgan fingerprint density at radius 2 is 1.86 bits per heavy atom. The van der Waals surface area contributed by atoms with Crippen LogP contribution in [0.2, 0.25) is 0 Å². The van der Waals surface area contributed by atoms with Crippen LogP contribution in [0.5, 0.6) is 0 Å². The second kappa shape index (κ2) is 7.47. The van der Waals surface area contributed by atoms with Gasteiger partial charge >= 0.3 is 0 Å². The van der Waals surface area contributed by atoms with Crippen molar-refractivity contribution in [1.82, 2.24) is 20.5 Å². The lowest BCUT2D eigenvalue weighted by Crippen LogP contribution is -2.44. The van der Waals surface area contributed by atoms with Gasteiger partial charge in [0.05, 0.1) is 5.69 Å². The summed E-state index contributed by atoms with van der Waals surface area (Å²) >= 11 is 0. The third kappa shape index (κ3) is 3.61. The standard InChI is InChI=1S/C23H23N5O/c29-23(18-7-6-17-8-11-24-20(17)14-18)25-19-9-12-28(13-10-19)22-15-21(26-27-22)16-4-2-1-3-5-16/h1-8,11,14-15,19,24H,9-10,12-13H2,(H,25,29)(H,26,27). The molecule has 2 aromatic carbocycles. The lowest BCUT2D eigenvalue weighted by atomic mass is 10.0. The molecule has 5 rings (SSSR count). The summed E-state index contributed by atoms with van der Waals surface area (Å²) < 4.78 is 0. The highest BCUT2D eigenvalue weighted by molar-refractivity contribution is 5.98. The number of aromatic amines is 2. The smallest absolute Gasteiger partial charge is 0.251 e. The number of aromatic nitrogens is 3. The van der Waals surface area contributed by atoms with Crippen molar-refractivity contribution in [3.05, 3.63) is 72.4 Å². The molecule has 0 saturated carbocycles. The van der Waals surface area contributed by atoms with Crippen LogP contribution in [0.3, 0.4) is 0 Å². The Morgan fingerprint density at radius 3 is 2.69 bits per heavy atom. The molecular formula is C23H23N5O. The molecule has 1 fully saturated rings. The van der Waals surface area contributed by atoms with Crippen molar-refractivity contribution in [3.8, 4) is 11.3 Å². The Kier molecular flexibility index (Phi) is 4.52. The van der Waals surface area contributed by atoms with Gasteiger partial charge < -0.3 is 15.2 Å². The summed E-state index contributed by atoms with van der Waals surface area (Å²) in [5, 5.41) is 11.9. The summed E-state index contributed by atoms with van der Waals surface area (Å²) in [4.78, 5) is 18.1. The number of H-pyrrole nitrogens is 2. The summed E-state index contributed by atoms with van der Waals surface area (Å²) in [6, 6.07) is 20.3. The van der Waals surface area contributed by atoms with Crippen molar-refractivity contribution in [1.29, 1.82) is 0 Å². The van der Waals surface area contributed by atoms with Crippen LogP contribution in [-0.4, -0.2) is 40.2 Å². The molecule has 146 valence electrons. The van der Waals surface area contributed by atoms with Crippen LogP contribution in [0.25, 0.3) is 22.2 Å². The molecule has 1 aliphatic rings. The van der Waals surface area contributed by atoms with Gasteiger partial charge in [0.2, 0.25) is 0 Å². The Hall–Kier alpha value is -3.54. The van der Waals surface area contributed by atoms with Crippen LogP contribution in [0, 0.1) is 0 Å². The zero-order valence-corrected chi connectivity index (χ0v) is 16.1. The van der Waals surface area contributed by atoms with Gasteiger partial charge in [0.1, 0.15) is 0 Å². The van der Waals surface area contributed by atoms with Crippen molar-refractivity contribution >= 4 is 22.6 Å². The minimum Gasteiger partial charge on any atom is -0.361 e. The number of rotatable bonds is 4. The number of hydrogen-bond donors (Lipinski definition) is 3. The van der Waals surface area contributed by atoms with E-state index < -0.39 is 0 Å². The van der Waals surface area contributed by atoms with Crippen molar-refractivity contribution in [2.75, 3.05) is 18.0 Å². The molecular weight excluding hydrogens is 362 g/mol. The molecule has 1 aliphatic heterocycles. The van der Waals surface area contributed by atoms with Gasteiger partial charge in [0.15, 0.2) is 5.82 Å². The summed E-state index contributed by atoms with van der Waals surface area (Å²) in [5.74, 6) is 0.955. The predicted molar refractivity (Wildman–Crippen MR) is 115 cm³/mol. The highest BCUT2D eigenvalue weighted by Crippen LogP contribution is 2.24. The van der Waals surface area contributed by atoms with Gasteiger partial charge in [-0.15, -0.1) is 0 Å². The fourth-order valence-corrected chi connectivity index (χ4v) is 3.95. The number of anilines is 1. The Balaban J connectivity index is 1.19. The number of carbonyl (C=O) groups is 1. The summed E-state index contributed by atoms with van der Waals surface area (Å²) in [6.07, 6.45) is 3.70. The lowest BCUT2D eigenvalue weighted by molar-refractivity contribution is 0.0931. The number of amides is 1. The van der Waals surface area contributed by atoms with Crippen LogP contribution < -0.4 is 10.2 Å². The average molecular weight is 385 g/mol. The van der Waals surface area contributed by atoms with E-state index in [9.17, 15) is 4.79 Å². The van der Waals surface area contributed by atoms with Gasteiger partial charge in [-0.05, 0) is 42.0 Å². The first kappa shape index (κ1) is 17.6. The quantitative estimate of drug-likeness (QED) is 0.498. The van der Waals surface area contributed by atoms with Crippen molar-refractivity contribution in [2.45, 2.75) is 18.9 Å². The maximum atomic E-state index is 12.6. The fraction of sp³-hybridized carbons (Fsp3) is 0.217. The van der Waals surface area contributed by atoms with E-state index in [-0.39, 0.29) is 11.9 Å². The van der Waals surface area contributed by atoms with Crippen LogP contribution >= 0.6 is 0 Å². The topological polar surface area (TPSA) is 76.8 Å². The summed E-state index contributed by atoms with van der Waals surface area (Å²) in [7, 11) is 0. The molecule has 0 spiro atoms. The number of fused-ring (bicyclic) bond motifs is 1. The van der Waals surface area contributed by atoms with Gasteiger partial charge in [-0.2, -0.15) is 5.10 Å². The molecule has 0 unspecified atom stereocenters. The van der Waals surface area contributed by atoms with Gasteiger partial charge in [0, 0.05) is 42.5 Å². The van der Waals surface area contributed by atoms with Crippen LogP contribution in [0.4, 0.5) is 5.82 Å². The molecule has 0 radical (unpaired) electrons. The van der Waals surface area contributed by atoms with Crippen molar-refractivity contribution in [2.24, 2.45) is 0 Å². The molecule has 29 heavy (non-hydrogen) atoms. The van der Waals surface area contributed by atoms with E-state index in [0.29, 0.717) is 5.56 Å².